The summed E-state index contributed by atoms with van der Waals surface area (Å²) < 4.78 is 51.9. The van der Waals surface area contributed by atoms with Crippen molar-refractivity contribution in [3.8, 4) is 5.75 Å². The molecule has 1 aromatic rings. The number of nitrogens with one attached hydrogen (secondary N) is 1. The van der Waals surface area contributed by atoms with Crippen LogP contribution in [0.5, 0.6) is 5.75 Å². The monoisotopic (exact) mass is 559 g/mol. The first-order valence-corrected chi connectivity index (χ1v) is 13.1. The summed E-state index contributed by atoms with van der Waals surface area (Å²) in [5.41, 5.74) is -0.927. The third-order valence-corrected chi connectivity index (χ3v) is 8.67. The Morgan fingerprint density at radius 3 is 2.53 bits per heavy atom. The lowest BCUT2D eigenvalue weighted by Crippen LogP contribution is -2.64. The van der Waals surface area contributed by atoms with Gasteiger partial charge in [-0.05, 0) is 50.3 Å². The molecule has 6 rings (SSSR count). The number of fused-ring (bicyclic) bond motifs is 4. The van der Waals surface area contributed by atoms with E-state index in [9.17, 15) is 32.7 Å². The van der Waals surface area contributed by atoms with E-state index in [0.717, 1.165) is 0 Å². The predicted molar refractivity (Wildman–Crippen MR) is 127 cm³/mol. The number of ketones is 2. The minimum Gasteiger partial charge on any atom is -0.479 e. The van der Waals surface area contributed by atoms with E-state index in [2.05, 4.69) is 10.1 Å². The number of alkyl halides is 3. The third kappa shape index (κ3) is 5.71. The molecule has 1 heterocycles. The molecule has 0 radical (unpaired) electrons. The molecule has 0 spiro atoms. The zero-order chi connectivity index (χ0) is 27.3. The number of carbonyl (C=O) groups excluding carboxylic acids is 3. The largest absolute Gasteiger partial charge is 0.522 e. The Labute approximate surface area is 222 Å². The predicted octanol–water partition coefficient (Wildman–Crippen LogP) is 3.90. The number of rotatable bonds is 8. The van der Waals surface area contributed by atoms with Gasteiger partial charge < -0.3 is 19.9 Å². The molecule has 1 aromatic carbocycles. The quantitative estimate of drug-likeness (QED) is 0.497. The zero-order valence-electron chi connectivity index (χ0n) is 20.5. The summed E-state index contributed by atoms with van der Waals surface area (Å²) in [7, 11) is 0. The van der Waals surface area contributed by atoms with Gasteiger partial charge >= 0.3 is 6.36 Å². The molecule has 38 heavy (non-hydrogen) atoms. The molecule has 208 valence electrons. The lowest BCUT2D eigenvalue weighted by atomic mass is 9.54. The molecular formula is C26H29ClF3NO7. The van der Waals surface area contributed by atoms with Gasteiger partial charge in [-0.15, -0.1) is 13.2 Å². The second-order valence-electron chi connectivity index (χ2n) is 11.0. The molecule has 12 heteroatoms. The van der Waals surface area contributed by atoms with Gasteiger partial charge in [-0.3, -0.25) is 19.1 Å². The molecule has 2 N–H and O–H groups in total. The summed E-state index contributed by atoms with van der Waals surface area (Å²) in [4.78, 5) is 38.3. The van der Waals surface area contributed by atoms with Gasteiger partial charge in [-0.1, -0.05) is 11.6 Å². The third-order valence-electron chi connectivity index (χ3n) is 8.44. The van der Waals surface area contributed by atoms with Gasteiger partial charge in [0.1, 0.15) is 12.4 Å². The van der Waals surface area contributed by atoms with Gasteiger partial charge in [0.15, 0.2) is 17.7 Å². The Morgan fingerprint density at radius 2 is 1.87 bits per heavy atom. The highest BCUT2D eigenvalue weighted by molar-refractivity contribution is 6.31. The molecule has 2 atom stereocenters. The van der Waals surface area contributed by atoms with Gasteiger partial charge in [-0.2, -0.15) is 0 Å². The summed E-state index contributed by atoms with van der Waals surface area (Å²) in [5.74, 6) is -0.557. The second kappa shape index (κ2) is 10.1. The van der Waals surface area contributed by atoms with Gasteiger partial charge in [0.25, 0.3) is 5.91 Å². The lowest BCUT2D eigenvalue weighted by Gasteiger charge is -2.56. The van der Waals surface area contributed by atoms with E-state index in [1.165, 1.54) is 6.07 Å². The molecule has 4 aliphatic carbocycles. The van der Waals surface area contributed by atoms with E-state index in [4.69, 9.17) is 21.1 Å². The van der Waals surface area contributed by atoms with Crippen LogP contribution in [-0.4, -0.2) is 65.5 Å². The van der Waals surface area contributed by atoms with Gasteiger partial charge in [0, 0.05) is 35.2 Å². The standard InChI is InChI=1S/C26H29ClF3NO7/c27-14-1-2-20-18(7-14)19(33)10-21(37-20)23(35)31-25-5-3-24(4-6-25,22(34)12-25)11-15(32)13-36-16-8-17(9-16)38-26(28,29)30/h1-2,7,16-17,21-22,34H,3-6,8-13H2,(H,31,35)/t16?,17?,21-,22+,24?,25?/m1/s1. The first-order chi connectivity index (χ1) is 17.9. The molecule has 8 nitrogen and oxygen atoms in total. The van der Waals surface area contributed by atoms with Crippen LogP contribution in [0.15, 0.2) is 18.2 Å². The highest BCUT2D eigenvalue weighted by Gasteiger charge is 2.55. The number of carbonyl (C=O) groups is 3. The summed E-state index contributed by atoms with van der Waals surface area (Å²) in [6.07, 6.45) is -5.27. The Kier molecular flexibility index (Phi) is 7.25. The molecule has 4 fully saturated rings. The molecule has 1 amide bonds. The van der Waals surface area contributed by atoms with Crippen molar-refractivity contribution in [1.29, 1.82) is 0 Å². The van der Waals surface area contributed by atoms with Crippen LogP contribution in [0.4, 0.5) is 13.2 Å². The van der Waals surface area contributed by atoms with Crippen molar-refractivity contribution in [3.05, 3.63) is 28.8 Å². The molecule has 2 bridgehead atoms. The van der Waals surface area contributed by atoms with Crippen LogP contribution in [0.2, 0.25) is 5.02 Å². The number of hydrogen-bond acceptors (Lipinski definition) is 7. The lowest BCUT2D eigenvalue weighted by molar-refractivity contribution is -0.357. The van der Waals surface area contributed by atoms with Crippen LogP contribution < -0.4 is 10.1 Å². The second-order valence-corrected chi connectivity index (χ2v) is 11.5. The molecule has 4 saturated carbocycles. The van der Waals surface area contributed by atoms with Gasteiger partial charge in [0.05, 0.1) is 30.3 Å². The first-order valence-electron chi connectivity index (χ1n) is 12.7. The van der Waals surface area contributed by atoms with Crippen molar-refractivity contribution in [2.75, 3.05) is 6.61 Å². The van der Waals surface area contributed by atoms with Crippen LogP contribution in [0, 0.1) is 5.41 Å². The summed E-state index contributed by atoms with van der Waals surface area (Å²) in [6, 6.07) is 4.66. The normalized spacial score (nSPS) is 34.2. The van der Waals surface area contributed by atoms with Crippen molar-refractivity contribution in [3.63, 3.8) is 0 Å². The SMILES string of the molecule is O=C(COC1CC(OC(F)(F)F)C1)CC12CCC(NC(=O)[C@H]3CC(=O)c4cc(Cl)ccc4O3)(CC1)C[C@@H]2O. The minimum absolute atomic E-state index is 0.0818. The number of Topliss-reactive ketones (excluding diaryl/α,β-unsaturated/α-hetero) is 2. The number of ether oxygens (including phenoxy) is 3. The van der Waals surface area contributed by atoms with Crippen LogP contribution in [0.1, 0.15) is 68.1 Å². The van der Waals surface area contributed by atoms with Crippen molar-refractivity contribution in [2.24, 2.45) is 5.41 Å². The van der Waals surface area contributed by atoms with Crippen molar-refractivity contribution in [1.82, 2.24) is 5.32 Å². The number of benzene rings is 1. The van der Waals surface area contributed by atoms with Crippen molar-refractivity contribution < 1.29 is 46.9 Å². The smallest absolute Gasteiger partial charge is 0.479 e. The minimum atomic E-state index is -4.68. The van der Waals surface area contributed by atoms with Crippen molar-refractivity contribution in [2.45, 2.75) is 94.1 Å². The summed E-state index contributed by atoms with van der Waals surface area (Å²) in [5, 5.41) is 14.4. The molecule has 0 saturated heterocycles. The van der Waals surface area contributed by atoms with Gasteiger partial charge in [-0.25, -0.2) is 0 Å². The fraction of sp³-hybridized carbons (Fsp3) is 0.654. The van der Waals surface area contributed by atoms with E-state index >= 15 is 0 Å². The van der Waals surface area contributed by atoms with E-state index in [1.807, 2.05) is 0 Å². The Bertz CT molecular complexity index is 1110. The number of aliphatic hydroxyl groups excluding tert-OH is 1. The first kappa shape index (κ1) is 27.4. The molecule has 5 aliphatic rings. The highest BCUT2D eigenvalue weighted by atomic mass is 35.5. The topological polar surface area (TPSA) is 111 Å². The number of halogens is 4. The number of amides is 1. The molecule has 0 unspecified atom stereocenters. The van der Waals surface area contributed by atoms with E-state index in [-0.39, 0.29) is 50.3 Å². The maximum absolute atomic E-state index is 13.1. The van der Waals surface area contributed by atoms with E-state index in [1.54, 1.807) is 12.1 Å². The average molecular weight is 560 g/mol. The number of aliphatic hydroxyl groups is 1. The number of hydrogen-bond donors (Lipinski definition) is 2. The zero-order valence-corrected chi connectivity index (χ0v) is 21.3. The van der Waals surface area contributed by atoms with Crippen molar-refractivity contribution >= 4 is 29.1 Å². The van der Waals surface area contributed by atoms with Crippen LogP contribution in [0.25, 0.3) is 0 Å². The average Bonchev–Trinajstić information content (AvgIpc) is 2.81. The highest BCUT2D eigenvalue weighted by Crippen LogP contribution is 2.54. The molecule has 0 aromatic heterocycles. The summed E-state index contributed by atoms with van der Waals surface area (Å²) in [6.45, 7) is -0.223. The van der Waals surface area contributed by atoms with Crippen LogP contribution >= 0.6 is 11.6 Å². The van der Waals surface area contributed by atoms with Gasteiger partial charge in [0.2, 0.25) is 0 Å². The fourth-order valence-corrected chi connectivity index (χ4v) is 6.37. The Hall–Kier alpha value is -2.21. The maximum atomic E-state index is 13.1. The van der Waals surface area contributed by atoms with E-state index < -0.39 is 47.6 Å². The Morgan fingerprint density at radius 1 is 1.16 bits per heavy atom. The fourth-order valence-electron chi connectivity index (χ4n) is 6.20. The Balaban J connectivity index is 1.11. The van der Waals surface area contributed by atoms with E-state index in [0.29, 0.717) is 42.0 Å². The molecular weight excluding hydrogens is 531 g/mol. The van der Waals surface area contributed by atoms with Crippen LogP contribution in [-0.2, 0) is 19.1 Å². The maximum Gasteiger partial charge on any atom is 0.522 e. The molecule has 1 aliphatic heterocycles. The van der Waals surface area contributed by atoms with Crippen LogP contribution in [0.3, 0.4) is 0 Å². The summed E-state index contributed by atoms with van der Waals surface area (Å²) >= 11 is 5.96.